The largest absolute Gasteiger partial charge is 0.508 e. The molecule has 77 valence electrons. The normalized spacial score (nSPS) is 10.8. The van der Waals surface area contributed by atoms with E-state index in [0.29, 0.717) is 0 Å². The fourth-order valence-electron chi connectivity index (χ4n) is 1.86. The molecule has 2 heteroatoms. The summed E-state index contributed by atoms with van der Waals surface area (Å²) in [5.41, 5.74) is 3.16. The van der Waals surface area contributed by atoms with E-state index in [1.54, 1.807) is 12.1 Å². The first-order chi connectivity index (χ1) is 7.84. The van der Waals surface area contributed by atoms with Gasteiger partial charge in [0.2, 0.25) is 0 Å². The lowest BCUT2D eigenvalue weighted by atomic mass is 10.1. The topological polar surface area (TPSA) is 36.0 Å². The third kappa shape index (κ3) is 1.36. The van der Waals surface area contributed by atoms with Gasteiger partial charge in [-0.05, 0) is 23.8 Å². The molecule has 0 atom stereocenters. The molecule has 3 aromatic rings. The molecule has 0 amide bonds. The average molecular weight is 208 g/mol. The minimum atomic E-state index is 0.281. The molecule has 0 spiro atoms. The molecule has 2 N–H and O–H groups in total. The number of rotatable bonds is 1. The van der Waals surface area contributed by atoms with E-state index in [1.165, 1.54) is 0 Å². The monoisotopic (exact) mass is 208 g/mol. The number of H-pyrrole nitrogens is 1. The number of aromatic amines is 1. The summed E-state index contributed by atoms with van der Waals surface area (Å²) < 4.78 is 0. The van der Waals surface area contributed by atoms with Crippen LogP contribution in [0.2, 0.25) is 0 Å². The van der Waals surface area contributed by atoms with E-state index in [4.69, 9.17) is 0 Å². The van der Waals surface area contributed by atoms with Crippen LogP contribution in [0.1, 0.15) is 0 Å². The molecule has 0 fully saturated rings. The van der Waals surface area contributed by atoms with Crippen molar-refractivity contribution >= 4 is 10.9 Å². The standard InChI is InChI=1S/C14H10NO/c16-11-7-5-10(6-8-11)13-9-15-14-4-2-1-3-12(13)14/h1-8,15-16H. The van der Waals surface area contributed by atoms with Crippen molar-refractivity contribution in [2.75, 3.05) is 0 Å². The van der Waals surface area contributed by atoms with Gasteiger partial charge in [0.15, 0.2) is 0 Å². The second-order valence-corrected chi connectivity index (χ2v) is 3.72. The molecule has 0 aliphatic heterocycles. The summed E-state index contributed by atoms with van der Waals surface area (Å²) in [6.45, 7) is 0. The van der Waals surface area contributed by atoms with Gasteiger partial charge in [0, 0.05) is 16.5 Å². The Labute approximate surface area is 93.2 Å². The summed E-state index contributed by atoms with van der Waals surface area (Å²) in [5.74, 6) is 0.281. The van der Waals surface area contributed by atoms with Crippen molar-refractivity contribution < 1.29 is 5.11 Å². The Morgan fingerprint density at radius 2 is 1.69 bits per heavy atom. The summed E-state index contributed by atoms with van der Waals surface area (Å²) >= 11 is 0. The van der Waals surface area contributed by atoms with Crippen LogP contribution in [0.3, 0.4) is 0 Å². The van der Waals surface area contributed by atoms with Gasteiger partial charge < -0.3 is 10.1 Å². The Balaban J connectivity index is 2.22. The predicted molar refractivity (Wildman–Crippen MR) is 64.2 cm³/mol. The number of para-hydroxylation sites is 1. The van der Waals surface area contributed by atoms with Crippen molar-refractivity contribution in [3.05, 3.63) is 54.7 Å². The van der Waals surface area contributed by atoms with Crippen LogP contribution in [-0.2, 0) is 0 Å². The lowest BCUT2D eigenvalue weighted by Crippen LogP contribution is -1.74. The summed E-state index contributed by atoms with van der Waals surface area (Å²) in [6, 6.07) is 15.2. The summed E-state index contributed by atoms with van der Waals surface area (Å²) in [4.78, 5) is 3.11. The highest BCUT2D eigenvalue weighted by molar-refractivity contribution is 5.95. The van der Waals surface area contributed by atoms with Crippen molar-refractivity contribution in [3.63, 3.8) is 0 Å². The number of fused-ring (bicyclic) bond motifs is 1. The van der Waals surface area contributed by atoms with Crippen LogP contribution >= 0.6 is 0 Å². The number of phenolic OH excluding ortho intramolecular Hbond substituents is 1. The van der Waals surface area contributed by atoms with Gasteiger partial charge in [-0.3, -0.25) is 0 Å². The molecule has 0 aliphatic carbocycles. The Morgan fingerprint density at radius 1 is 0.938 bits per heavy atom. The van der Waals surface area contributed by atoms with Crippen molar-refractivity contribution in [2.45, 2.75) is 0 Å². The molecule has 0 bridgehead atoms. The second-order valence-electron chi connectivity index (χ2n) is 3.72. The minimum Gasteiger partial charge on any atom is -0.508 e. The fourth-order valence-corrected chi connectivity index (χ4v) is 1.86. The van der Waals surface area contributed by atoms with Crippen molar-refractivity contribution in [2.24, 2.45) is 0 Å². The van der Waals surface area contributed by atoms with E-state index in [1.807, 2.05) is 30.3 Å². The molecule has 16 heavy (non-hydrogen) atoms. The van der Waals surface area contributed by atoms with Gasteiger partial charge in [-0.25, -0.2) is 0 Å². The van der Waals surface area contributed by atoms with E-state index in [9.17, 15) is 5.11 Å². The molecular formula is C14H10NO. The third-order valence-corrected chi connectivity index (χ3v) is 2.67. The number of phenols is 1. The van der Waals surface area contributed by atoms with Crippen molar-refractivity contribution in [1.82, 2.24) is 4.98 Å². The Morgan fingerprint density at radius 3 is 2.50 bits per heavy atom. The molecule has 0 saturated heterocycles. The van der Waals surface area contributed by atoms with Gasteiger partial charge in [0.1, 0.15) is 5.75 Å². The van der Waals surface area contributed by atoms with Crippen LogP contribution in [0.15, 0.2) is 48.5 Å². The lowest BCUT2D eigenvalue weighted by Gasteiger charge is -1.99. The zero-order chi connectivity index (χ0) is 11.0. The number of hydrogen-bond donors (Lipinski definition) is 2. The quantitative estimate of drug-likeness (QED) is 0.632. The van der Waals surface area contributed by atoms with Gasteiger partial charge in [0.25, 0.3) is 0 Å². The van der Waals surface area contributed by atoms with E-state index >= 15 is 0 Å². The maximum Gasteiger partial charge on any atom is 0.115 e. The molecule has 0 aliphatic rings. The smallest absolute Gasteiger partial charge is 0.115 e. The number of aromatic hydroxyl groups is 1. The van der Waals surface area contributed by atoms with E-state index in [0.717, 1.165) is 22.0 Å². The van der Waals surface area contributed by atoms with Gasteiger partial charge in [-0.2, -0.15) is 0 Å². The predicted octanol–water partition coefficient (Wildman–Crippen LogP) is 3.34. The van der Waals surface area contributed by atoms with Crippen molar-refractivity contribution in [3.8, 4) is 16.9 Å². The van der Waals surface area contributed by atoms with Gasteiger partial charge in [-0.1, -0.05) is 30.3 Å². The summed E-state index contributed by atoms with van der Waals surface area (Å²) in [7, 11) is 0. The van der Waals surface area contributed by atoms with Crippen LogP contribution in [0.25, 0.3) is 22.0 Å². The Kier molecular flexibility index (Phi) is 1.93. The highest BCUT2D eigenvalue weighted by Gasteiger charge is 2.05. The molecule has 1 aromatic heterocycles. The molecule has 0 unspecified atom stereocenters. The number of hydrogen-bond acceptors (Lipinski definition) is 1. The highest BCUT2D eigenvalue weighted by Crippen LogP contribution is 2.28. The fraction of sp³-hybridized carbons (Fsp3) is 0. The van der Waals surface area contributed by atoms with E-state index in [2.05, 4.69) is 17.2 Å². The Hall–Kier alpha value is -2.22. The zero-order valence-electron chi connectivity index (χ0n) is 8.57. The first-order valence-electron chi connectivity index (χ1n) is 5.12. The van der Waals surface area contributed by atoms with Crippen LogP contribution < -0.4 is 0 Å². The molecule has 2 aromatic carbocycles. The summed E-state index contributed by atoms with van der Waals surface area (Å²) in [6.07, 6.45) is 3.14. The Bertz CT molecular complexity index is 623. The van der Waals surface area contributed by atoms with Gasteiger partial charge >= 0.3 is 0 Å². The van der Waals surface area contributed by atoms with E-state index in [-0.39, 0.29) is 5.75 Å². The number of nitrogens with one attached hydrogen (secondary N) is 1. The van der Waals surface area contributed by atoms with Crippen LogP contribution in [0, 0.1) is 6.20 Å². The molecule has 2 nitrogen and oxygen atoms in total. The average Bonchev–Trinajstić information content (AvgIpc) is 2.74. The first kappa shape index (κ1) is 9.04. The minimum absolute atomic E-state index is 0.281. The maximum atomic E-state index is 9.25. The lowest BCUT2D eigenvalue weighted by molar-refractivity contribution is 0.475. The number of aromatic nitrogens is 1. The molecular weight excluding hydrogens is 198 g/mol. The van der Waals surface area contributed by atoms with Crippen LogP contribution in [0.4, 0.5) is 0 Å². The first-order valence-corrected chi connectivity index (χ1v) is 5.12. The maximum absolute atomic E-state index is 9.25. The summed E-state index contributed by atoms with van der Waals surface area (Å²) in [5, 5.41) is 10.4. The van der Waals surface area contributed by atoms with E-state index < -0.39 is 0 Å². The van der Waals surface area contributed by atoms with Crippen molar-refractivity contribution in [1.29, 1.82) is 0 Å². The SMILES string of the molecule is Oc1ccc(-c2[c][nH]c3ccccc23)cc1. The van der Waals surface area contributed by atoms with Gasteiger partial charge in [0.05, 0.1) is 6.20 Å². The third-order valence-electron chi connectivity index (χ3n) is 2.67. The highest BCUT2D eigenvalue weighted by atomic mass is 16.3. The molecule has 3 rings (SSSR count). The van der Waals surface area contributed by atoms with Gasteiger partial charge in [-0.15, -0.1) is 0 Å². The molecule has 1 radical (unpaired) electrons. The van der Waals surface area contributed by atoms with Crippen LogP contribution in [-0.4, -0.2) is 10.1 Å². The molecule has 0 saturated carbocycles. The van der Waals surface area contributed by atoms with Crippen LogP contribution in [0.5, 0.6) is 5.75 Å². The molecule has 1 heterocycles. The second kappa shape index (κ2) is 3.42. The number of benzene rings is 2. The zero-order valence-corrected chi connectivity index (χ0v) is 8.57.